The SMILES string of the molecule is O=C(CCCOc1ccc2c(c1)CCC(=O)N2)Nc1nc(-c2ccc(F)cc2)cs1. The molecule has 0 fully saturated rings. The summed E-state index contributed by atoms with van der Waals surface area (Å²) < 4.78 is 18.8. The molecule has 0 saturated carbocycles. The molecule has 0 atom stereocenters. The van der Waals surface area contributed by atoms with E-state index >= 15 is 0 Å². The number of hydrogen-bond acceptors (Lipinski definition) is 5. The smallest absolute Gasteiger partial charge is 0.226 e. The number of halogens is 1. The molecule has 154 valence electrons. The summed E-state index contributed by atoms with van der Waals surface area (Å²) in [5, 5.41) is 7.96. The van der Waals surface area contributed by atoms with Crippen LogP contribution in [0.4, 0.5) is 15.2 Å². The Balaban J connectivity index is 1.22. The van der Waals surface area contributed by atoms with Crippen molar-refractivity contribution in [1.82, 2.24) is 4.98 Å². The fourth-order valence-electron chi connectivity index (χ4n) is 3.14. The second-order valence-corrected chi connectivity index (χ2v) is 7.77. The molecule has 4 rings (SSSR count). The number of rotatable bonds is 7. The molecule has 0 unspecified atom stereocenters. The van der Waals surface area contributed by atoms with E-state index in [0.717, 1.165) is 22.6 Å². The van der Waals surface area contributed by atoms with Crippen LogP contribution in [0.5, 0.6) is 5.75 Å². The number of thiazole rings is 1. The molecule has 0 saturated heterocycles. The summed E-state index contributed by atoms with van der Waals surface area (Å²) in [6.07, 6.45) is 2.06. The highest BCUT2D eigenvalue weighted by Crippen LogP contribution is 2.27. The third-order valence-corrected chi connectivity index (χ3v) is 5.44. The molecule has 3 aromatic rings. The topological polar surface area (TPSA) is 80.3 Å². The second-order valence-electron chi connectivity index (χ2n) is 6.91. The van der Waals surface area contributed by atoms with E-state index in [1.807, 2.05) is 23.6 Å². The Hall–Kier alpha value is -3.26. The Kier molecular flexibility index (Phi) is 6.04. The lowest BCUT2D eigenvalue weighted by molar-refractivity contribution is -0.117. The third-order valence-electron chi connectivity index (χ3n) is 4.68. The Morgan fingerprint density at radius 3 is 2.87 bits per heavy atom. The molecule has 30 heavy (non-hydrogen) atoms. The molecule has 0 bridgehead atoms. The largest absolute Gasteiger partial charge is 0.494 e. The molecule has 1 aliphatic rings. The summed E-state index contributed by atoms with van der Waals surface area (Å²) >= 11 is 1.33. The first-order valence-electron chi connectivity index (χ1n) is 9.64. The molecule has 1 aromatic heterocycles. The number of hydrogen-bond donors (Lipinski definition) is 2. The van der Waals surface area contributed by atoms with Crippen LogP contribution in [0.15, 0.2) is 47.8 Å². The zero-order valence-electron chi connectivity index (χ0n) is 16.1. The lowest BCUT2D eigenvalue weighted by atomic mass is 10.0. The van der Waals surface area contributed by atoms with Crippen molar-refractivity contribution in [3.63, 3.8) is 0 Å². The van der Waals surface area contributed by atoms with Gasteiger partial charge in [-0.25, -0.2) is 9.37 Å². The number of carbonyl (C=O) groups is 2. The molecule has 2 aromatic carbocycles. The Morgan fingerprint density at radius 1 is 1.20 bits per heavy atom. The maximum absolute atomic E-state index is 13.0. The van der Waals surface area contributed by atoms with Crippen LogP contribution in [0.3, 0.4) is 0 Å². The highest BCUT2D eigenvalue weighted by Gasteiger charge is 2.15. The number of ether oxygens (including phenoxy) is 1. The number of aromatic nitrogens is 1. The zero-order valence-corrected chi connectivity index (χ0v) is 16.9. The predicted octanol–water partition coefficient (Wildman–Crippen LogP) is 4.63. The van der Waals surface area contributed by atoms with Gasteiger partial charge < -0.3 is 15.4 Å². The average Bonchev–Trinajstić information content (AvgIpc) is 3.20. The van der Waals surface area contributed by atoms with Gasteiger partial charge in [0.15, 0.2) is 5.13 Å². The van der Waals surface area contributed by atoms with Gasteiger partial charge in [-0.1, -0.05) is 0 Å². The van der Waals surface area contributed by atoms with Crippen LogP contribution in [0.1, 0.15) is 24.8 Å². The van der Waals surface area contributed by atoms with Gasteiger partial charge in [-0.05, 0) is 60.9 Å². The Bertz CT molecular complexity index is 1070. The van der Waals surface area contributed by atoms with Gasteiger partial charge in [0.2, 0.25) is 11.8 Å². The van der Waals surface area contributed by atoms with E-state index in [9.17, 15) is 14.0 Å². The standard InChI is InChI=1S/C22H20FN3O3S/c23-16-6-3-14(4-7-16)19-13-30-22(25-19)26-20(27)2-1-11-29-17-8-9-18-15(12-17)5-10-21(28)24-18/h3-4,6-9,12-13H,1-2,5,10-11H2,(H,24,28)(H,25,26,27). The number of fused-ring (bicyclic) bond motifs is 1. The van der Waals surface area contributed by atoms with Gasteiger partial charge >= 0.3 is 0 Å². The summed E-state index contributed by atoms with van der Waals surface area (Å²) in [7, 11) is 0. The summed E-state index contributed by atoms with van der Waals surface area (Å²) in [5.41, 5.74) is 3.39. The zero-order chi connectivity index (χ0) is 20.9. The number of aryl methyl sites for hydroxylation is 1. The van der Waals surface area contributed by atoms with E-state index in [-0.39, 0.29) is 17.6 Å². The van der Waals surface area contributed by atoms with Crippen LogP contribution in [-0.2, 0) is 16.0 Å². The second kappa shape index (κ2) is 9.04. The Morgan fingerprint density at radius 2 is 2.03 bits per heavy atom. The van der Waals surface area contributed by atoms with Crippen molar-refractivity contribution < 1.29 is 18.7 Å². The van der Waals surface area contributed by atoms with E-state index < -0.39 is 0 Å². The number of anilines is 2. The molecule has 2 heterocycles. The minimum atomic E-state index is -0.299. The van der Waals surface area contributed by atoms with Gasteiger partial charge in [-0.15, -0.1) is 11.3 Å². The van der Waals surface area contributed by atoms with Crippen LogP contribution < -0.4 is 15.4 Å². The molecular weight excluding hydrogens is 405 g/mol. The minimum Gasteiger partial charge on any atom is -0.494 e. The van der Waals surface area contributed by atoms with Crippen molar-refractivity contribution in [3.05, 3.63) is 59.2 Å². The van der Waals surface area contributed by atoms with Crippen molar-refractivity contribution in [3.8, 4) is 17.0 Å². The van der Waals surface area contributed by atoms with Crippen LogP contribution in [0, 0.1) is 5.82 Å². The highest BCUT2D eigenvalue weighted by atomic mass is 32.1. The van der Waals surface area contributed by atoms with Crippen molar-refractivity contribution in [1.29, 1.82) is 0 Å². The molecule has 2 amide bonds. The molecule has 6 nitrogen and oxygen atoms in total. The van der Waals surface area contributed by atoms with Gasteiger partial charge in [-0.3, -0.25) is 9.59 Å². The molecule has 0 aliphatic carbocycles. The first kappa shape index (κ1) is 20.0. The normalized spacial score (nSPS) is 12.8. The predicted molar refractivity (Wildman–Crippen MR) is 114 cm³/mol. The van der Waals surface area contributed by atoms with Crippen LogP contribution in [0.2, 0.25) is 0 Å². The summed E-state index contributed by atoms with van der Waals surface area (Å²) in [4.78, 5) is 27.9. The van der Waals surface area contributed by atoms with Crippen LogP contribution in [0.25, 0.3) is 11.3 Å². The summed E-state index contributed by atoms with van der Waals surface area (Å²) in [5.74, 6) is 0.333. The average molecular weight is 425 g/mol. The van der Waals surface area contributed by atoms with Gasteiger partial charge in [-0.2, -0.15) is 0 Å². The van der Waals surface area contributed by atoms with Crippen molar-refractivity contribution in [2.24, 2.45) is 0 Å². The van der Waals surface area contributed by atoms with E-state index in [4.69, 9.17) is 4.74 Å². The maximum atomic E-state index is 13.0. The quantitative estimate of drug-likeness (QED) is 0.541. The number of amides is 2. The van der Waals surface area contributed by atoms with Crippen molar-refractivity contribution >= 4 is 34.0 Å². The molecule has 8 heteroatoms. The van der Waals surface area contributed by atoms with Gasteiger partial charge in [0.05, 0.1) is 12.3 Å². The molecular formula is C22H20FN3O3S. The van der Waals surface area contributed by atoms with Gasteiger partial charge in [0.1, 0.15) is 11.6 Å². The van der Waals surface area contributed by atoms with Gasteiger partial charge in [0, 0.05) is 29.5 Å². The molecule has 1 aliphatic heterocycles. The number of nitrogens with one attached hydrogen (secondary N) is 2. The monoisotopic (exact) mass is 425 g/mol. The fourth-order valence-corrected chi connectivity index (χ4v) is 3.87. The number of nitrogens with zero attached hydrogens (tertiary/aromatic N) is 1. The lowest BCUT2D eigenvalue weighted by Crippen LogP contribution is -2.18. The van der Waals surface area contributed by atoms with E-state index in [1.54, 1.807) is 12.1 Å². The number of benzene rings is 2. The van der Waals surface area contributed by atoms with E-state index in [0.29, 0.717) is 43.1 Å². The third kappa shape index (κ3) is 5.01. The summed E-state index contributed by atoms with van der Waals surface area (Å²) in [6.45, 7) is 0.414. The molecule has 2 N–H and O–H groups in total. The lowest BCUT2D eigenvalue weighted by Gasteiger charge is -2.17. The maximum Gasteiger partial charge on any atom is 0.226 e. The van der Waals surface area contributed by atoms with Crippen molar-refractivity contribution in [2.75, 3.05) is 17.2 Å². The van der Waals surface area contributed by atoms with Gasteiger partial charge in [0.25, 0.3) is 0 Å². The fraction of sp³-hybridized carbons (Fsp3) is 0.227. The molecule has 0 spiro atoms. The Labute approximate surface area is 177 Å². The minimum absolute atomic E-state index is 0.0344. The first-order chi connectivity index (χ1) is 14.6. The molecule has 0 radical (unpaired) electrons. The first-order valence-corrected chi connectivity index (χ1v) is 10.5. The highest BCUT2D eigenvalue weighted by molar-refractivity contribution is 7.14. The van der Waals surface area contributed by atoms with Crippen LogP contribution in [-0.4, -0.2) is 23.4 Å². The van der Waals surface area contributed by atoms with E-state index in [1.165, 1.54) is 23.5 Å². The van der Waals surface area contributed by atoms with Crippen LogP contribution >= 0.6 is 11.3 Å². The number of carbonyl (C=O) groups excluding carboxylic acids is 2. The summed E-state index contributed by atoms with van der Waals surface area (Å²) in [6, 6.07) is 11.7. The van der Waals surface area contributed by atoms with Crippen molar-refractivity contribution in [2.45, 2.75) is 25.7 Å². The van der Waals surface area contributed by atoms with E-state index in [2.05, 4.69) is 15.6 Å².